The third-order valence-corrected chi connectivity index (χ3v) is 3.16. The molecule has 0 radical (unpaired) electrons. The summed E-state index contributed by atoms with van der Waals surface area (Å²) in [5.41, 5.74) is 1.95. The molecule has 1 aliphatic carbocycles. The van der Waals surface area contributed by atoms with Crippen molar-refractivity contribution in [1.29, 1.82) is 0 Å². The summed E-state index contributed by atoms with van der Waals surface area (Å²) in [7, 11) is 0. The molecule has 0 spiro atoms. The Kier molecular flexibility index (Phi) is 2.06. The van der Waals surface area contributed by atoms with Gasteiger partial charge in [0.1, 0.15) is 0 Å². The van der Waals surface area contributed by atoms with E-state index in [0.717, 1.165) is 12.8 Å². The van der Waals surface area contributed by atoms with Crippen molar-refractivity contribution in [3.63, 3.8) is 0 Å². The molecule has 2 nitrogen and oxygen atoms in total. The van der Waals surface area contributed by atoms with Crippen LogP contribution >= 0.6 is 0 Å². The van der Waals surface area contributed by atoms with E-state index in [1.807, 2.05) is 25.1 Å². The summed E-state index contributed by atoms with van der Waals surface area (Å²) in [6.07, 6.45) is 2.30. The van der Waals surface area contributed by atoms with Gasteiger partial charge in [0.25, 0.3) is 0 Å². The van der Waals surface area contributed by atoms with Crippen molar-refractivity contribution in [2.45, 2.75) is 26.2 Å². The van der Waals surface area contributed by atoms with Crippen molar-refractivity contribution in [3.05, 3.63) is 35.4 Å². The van der Waals surface area contributed by atoms with E-state index in [-0.39, 0.29) is 0 Å². The lowest BCUT2D eigenvalue weighted by molar-refractivity contribution is -0.148. The number of carbonyl (C=O) groups is 1. The van der Waals surface area contributed by atoms with Crippen molar-refractivity contribution in [2.24, 2.45) is 5.41 Å². The Morgan fingerprint density at radius 3 is 2.64 bits per heavy atom. The van der Waals surface area contributed by atoms with Crippen LogP contribution < -0.4 is 0 Å². The highest BCUT2D eigenvalue weighted by Gasteiger charge is 2.36. The molecule has 14 heavy (non-hydrogen) atoms. The third kappa shape index (κ3) is 1.41. The first kappa shape index (κ1) is 9.25. The fourth-order valence-corrected chi connectivity index (χ4v) is 2.08. The summed E-state index contributed by atoms with van der Waals surface area (Å²) in [6, 6.07) is 8.13. The van der Waals surface area contributed by atoms with Crippen LogP contribution in [0.25, 0.3) is 0 Å². The largest absolute Gasteiger partial charge is 0.481 e. The molecule has 74 valence electrons. The van der Waals surface area contributed by atoms with Gasteiger partial charge in [-0.2, -0.15) is 0 Å². The van der Waals surface area contributed by atoms with Gasteiger partial charge in [0, 0.05) is 0 Å². The van der Waals surface area contributed by atoms with Gasteiger partial charge in [0.2, 0.25) is 0 Å². The fourth-order valence-electron chi connectivity index (χ4n) is 2.08. The first-order chi connectivity index (χ1) is 6.62. The normalized spacial score (nSPS) is 25.5. The van der Waals surface area contributed by atoms with E-state index in [9.17, 15) is 4.79 Å². The minimum atomic E-state index is -0.674. The lowest BCUT2D eigenvalue weighted by Gasteiger charge is -2.30. The third-order valence-electron chi connectivity index (χ3n) is 3.16. The molecule has 2 heteroatoms. The predicted molar refractivity (Wildman–Crippen MR) is 54.2 cm³/mol. The van der Waals surface area contributed by atoms with Gasteiger partial charge in [-0.3, -0.25) is 4.79 Å². The smallest absolute Gasteiger partial charge is 0.309 e. The van der Waals surface area contributed by atoms with Crippen molar-refractivity contribution in [2.75, 3.05) is 0 Å². The van der Waals surface area contributed by atoms with Gasteiger partial charge in [0.15, 0.2) is 0 Å². The Labute approximate surface area is 83.6 Å². The number of aryl methyl sites for hydroxylation is 1. The minimum Gasteiger partial charge on any atom is -0.481 e. The van der Waals surface area contributed by atoms with Crippen LogP contribution in [-0.2, 0) is 17.6 Å². The average molecular weight is 190 g/mol. The molecule has 2 rings (SSSR count). The van der Waals surface area contributed by atoms with Crippen LogP contribution in [0.1, 0.15) is 24.5 Å². The maximum Gasteiger partial charge on any atom is 0.309 e. The highest BCUT2D eigenvalue weighted by Crippen LogP contribution is 2.35. The zero-order chi connectivity index (χ0) is 10.2. The molecule has 1 atom stereocenters. The molecule has 0 fully saturated rings. The van der Waals surface area contributed by atoms with Crippen LogP contribution in [0.15, 0.2) is 24.3 Å². The van der Waals surface area contributed by atoms with Crippen LogP contribution in [0.3, 0.4) is 0 Å². The van der Waals surface area contributed by atoms with Gasteiger partial charge in [-0.15, -0.1) is 0 Å². The van der Waals surface area contributed by atoms with Crippen LogP contribution in [0, 0.1) is 5.41 Å². The Morgan fingerprint density at radius 2 is 2.00 bits per heavy atom. The molecular weight excluding hydrogens is 176 g/mol. The molecule has 1 aromatic carbocycles. The average Bonchev–Trinajstić information content (AvgIpc) is 2.17. The Hall–Kier alpha value is -1.31. The Bertz CT molecular complexity index is 370. The quantitative estimate of drug-likeness (QED) is 0.737. The monoisotopic (exact) mass is 190 g/mol. The molecule has 1 N–H and O–H groups in total. The first-order valence-corrected chi connectivity index (χ1v) is 4.92. The topological polar surface area (TPSA) is 37.3 Å². The zero-order valence-corrected chi connectivity index (χ0v) is 8.29. The Balaban J connectivity index is 2.34. The van der Waals surface area contributed by atoms with E-state index in [1.54, 1.807) is 0 Å². The number of aliphatic carboxylic acids is 1. The number of hydrogen-bond donors (Lipinski definition) is 1. The fraction of sp³-hybridized carbons (Fsp3) is 0.417. The number of fused-ring (bicyclic) bond motifs is 1. The van der Waals surface area contributed by atoms with Crippen LogP contribution in [0.4, 0.5) is 0 Å². The van der Waals surface area contributed by atoms with E-state index in [1.165, 1.54) is 11.1 Å². The van der Waals surface area contributed by atoms with Crippen molar-refractivity contribution in [1.82, 2.24) is 0 Å². The second-order valence-corrected chi connectivity index (χ2v) is 4.31. The van der Waals surface area contributed by atoms with E-state index in [0.29, 0.717) is 6.42 Å². The van der Waals surface area contributed by atoms with Gasteiger partial charge < -0.3 is 5.11 Å². The number of hydrogen-bond acceptors (Lipinski definition) is 1. The summed E-state index contributed by atoms with van der Waals surface area (Å²) >= 11 is 0. The van der Waals surface area contributed by atoms with Gasteiger partial charge in [-0.1, -0.05) is 24.3 Å². The van der Waals surface area contributed by atoms with E-state index < -0.39 is 11.4 Å². The maximum absolute atomic E-state index is 11.1. The van der Waals surface area contributed by atoms with Gasteiger partial charge in [-0.05, 0) is 37.3 Å². The zero-order valence-electron chi connectivity index (χ0n) is 8.29. The maximum atomic E-state index is 11.1. The summed E-state index contributed by atoms with van der Waals surface area (Å²) in [6.45, 7) is 1.84. The van der Waals surface area contributed by atoms with Gasteiger partial charge in [0.05, 0.1) is 5.41 Å². The highest BCUT2D eigenvalue weighted by atomic mass is 16.4. The van der Waals surface area contributed by atoms with E-state index in [4.69, 9.17) is 5.11 Å². The molecule has 1 aromatic rings. The summed E-state index contributed by atoms with van der Waals surface area (Å²) in [5.74, 6) is -0.674. The lowest BCUT2D eigenvalue weighted by Crippen LogP contribution is -2.33. The first-order valence-electron chi connectivity index (χ1n) is 4.92. The molecule has 0 aliphatic heterocycles. The van der Waals surface area contributed by atoms with Crippen LogP contribution in [-0.4, -0.2) is 11.1 Å². The molecule has 1 aliphatic rings. The molecule has 1 unspecified atom stereocenters. The second-order valence-electron chi connectivity index (χ2n) is 4.31. The standard InChI is InChI=1S/C12H14O2/c1-12(11(13)14)7-6-9-4-2-3-5-10(9)8-12/h2-5H,6-8H2,1H3,(H,13,14). The van der Waals surface area contributed by atoms with Gasteiger partial charge >= 0.3 is 5.97 Å². The minimum absolute atomic E-state index is 0.561. The summed E-state index contributed by atoms with van der Waals surface area (Å²) < 4.78 is 0. The predicted octanol–water partition coefficient (Wildman–Crippen LogP) is 2.27. The SMILES string of the molecule is CC1(C(=O)O)CCc2ccccc2C1. The van der Waals surface area contributed by atoms with Gasteiger partial charge in [-0.25, -0.2) is 0 Å². The van der Waals surface area contributed by atoms with E-state index >= 15 is 0 Å². The van der Waals surface area contributed by atoms with Crippen LogP contribution in [0.5, 0.6) is 0 Å². The number of benzene rings is 1. The van der Waals surface area contributed by atoms with Crippen molar-refractivity contribution in [3.8, 4) is 0 Å². The lowest BCUT2D eigenvalue weighted by atomic mass is 9.73. The summed E-state index contributed by atoms with van der Waals surface area (Å²) in [4.78, 5) is 11.1. The van der Waals surface area contributed by atoms with Crippen molar-refractivity contribution < 1.29 is 9.90 Å². The molecule has 0 saturated carbocycles. The molecule has 0 heterocycles. The van der Waals surface area contributed by atoms with E-state index in [2.05, 4.69) is 6.07 Å². The number of carboxylic acids is 1. The second kappa shape index (κ2) is 3.12. The molecule has 0 bridgehead atoms. The molecular formula is C12H14O2. The number of carboxylic acid groups (broad SMARTS) is 1. The number of rotatable bonds is 1. The molecule has 0 saturated heterocycles. The molecule has 0 aromatic heterocycles. The summed E-state index contributed by atoms with van der Waals surface area (Å²) in [5, 5.41) is 9.12. The van der Waals surface area contributed by atoms with Crippen LogP contribution in [0.2, 0.25) is 0 Å². The highest BCUT2D eigenvalue weighted by molar-refractivity contribution is 5.75. The van der Waals surface area contributed by atoms with Crippen molar-refractivity contribution >= 4 is 5.97 Å². The molecule has 0 amide bonds. The Morgan fingerprint density at radius 1 is 1.36 bits per heavy atom.